The summed E-state index contributed by atoms with van der Waals surface area (Å²) in [7, 11) is 0. The SMILES string of the molecule is NCCc1cccc(-c2cc(-c3ccc(-c4cc(-c5cccc(CCN)c5)ncn4)s3)ncn2)c1. The van der Waals surface area contributed by atoms with Crippen molar-refractivity contribution in [3.8, 4) is 43.7 Å². The van der Waals surface area contributed by atoms with Gasteiger partial charge < -0.3 is 11.5 Å². The molecule has 0 saturated carbocycles. The lowest BCUT2D eigenvalue weighted by Gasteiger charge is -2.06. The van der Waals surface area contributed by atoms with E-state index in [0.717, 1.165) is 56.5 Å². The van der Waals surface area contributed by atoms with Crippen molar-refractivity contribution >= 4 is 11.3 Å². The maximum atomic E-state index is 5.72. The molecule has 2 aromatic carbocycles. The summed E-state index contributed by atoms with van der Waals surface area (Å²) in [6, 6.07) is 24.9. The molecule has 3 aromatic heterocycles. The van der Waals surface area contributed by atoms with Gasteiger partial charge in [0.05, 0.1) is 32.5 Å². The Hall–Kier alpha value is -3.78. The minimum atomic E-state index is 0.625. The first-order valence-corrected chi connectivity index (χ1v) is 12.4. The minimum absolute atomic E-state index is 0.625. The van der Waals surface area contributed by atoms with Crippen LogP contribution in [0.4, 0.5) is 0 Å². The fourth-order valence-electron chi connectivity index (χ4n) is 4.02. The molecule has 0 unspecified atom stereocenters. The molecule has 0 radical (unpaired) electrons. The lowest BCUT2D eigenvalue weighted by atomic mass is 10.1. The molecule has 4 N–H and O–H groups in total. The Morgan fingerprint density at radius 2 is 1.00 bits per heavy atom. The molecule has 0 aliphatic rings. The molecule has 7 heteroatoms. The number of rotatable bonds is 8. The zero-order valence-electron chi connectivity index (χ0n) is 19.3. The van der Waals surface area contributed by atoms with Crippen LogP contribution in [-0.4, -0.2) is 33.0 Å². The van der Waals surface area contributed by atoms with Crippen LogP contribution in [-0.2, 0) is 12.8 Å². The lowest BCUT2D eigenvalue weighted by Crippen LogP contribution is -2.02. The largest absolute Gasteiger partial charge is 0.330 e. The first kappa shape index (κ1) is 23.0. The molecule has 3 heterocycles. The first-order valence-electron chi connectivity index (χ1n) is 11.6. The van der Waals surface area contributed by atoms with Crippen molar-refractivity contribution in [1.29, 1.82) is 0 Å². The van der Waals surface area contributed by atoms with E-state index in [0.29, 0.717) is 13.1 Å². The number of thiophene rings is 1. The Bertz CT molecular complexity index is 1340. The van der Waals surface area contributed by atoms with Crippen molar-refractivity contribution in [3.05, 3.63) is 96.6 Å². The molecule has 0 atom stereocenters. The molecule has 0 saturated heterocycles. The second-order valence-electron chi connectivity index (χ2n) is 8.22. The van der Waals surface area contributed by atoms with Crippen LogP contribution in [0.3, 0.4) is 0 Å². The van der Waals surface area contributed by atoms with E-state index >= 15 is 0 Å². The van der Waals surface area contributed by atoms with Crippen LogP contribution >= 0.6 is 11.3 Å². The summed E-state index contributed by atoms with van der Waals surface area (Å²) >= 11 is 1.66. The predicted octanol–water partition coefficient (Wildman–Crippen LogP) is 5.00. The number of benzene rings is 2. The van der Waals surface area contributed by atoms with E-state index in [1.165, 1.54) is 11.1 Å². The molecular weight excluding hydrogens is 452 g/mol. The van der Waals surface area contributed by atoms with Gasteiger partial charge in [-0.3, -0.25) is 0 Å². The highest BCUT2D eigenvalue weighted by Crippen LogP contribution is 2.34. The number of nitrogens with zero attached hydrogens (tertiary/aromatic N) is 4. The molecular formula is C28H26N6S. The van der Waals surface area contributed by atoms with Crippen molar-refractivity contribution in [3.63, 3.8) is 0 Å². The highest BCUT2D eigenvalue weighted by molar-refractivity contribution is 7.18. The van der Waals surface area contributed by atoms with E-state index in [9.17, 15) is 0 Å². The van der Waals surface area contributed by atoms with Crippen LogP contribution < -0.4 is 11.5 Å². The Balaban J connectivity index is 1.42. The number of hydrogen-bond donors (Lipinski definition) is 2. The van der Waals surface area contributed by atoms with Gasteiger partial charge in [0.25, 0.3) is 0 Å². The van der Waals surface area contributed by atoms with E-state index in [1.807, 2.05) is 24.3 Å². The van der Waals surface area contributed by atoms with Gasteiger partial charge in [-0.05, 0) is 73.5 Å². The average Bonchev–Trinajstić information content (AvgIpc) is 3.40. The summed E-state index contributed by atoms with van der Waals surface area (Å²) in [6.45, 7) is 1.25. The molecule has 0 bridgehead atoms. The van der Waals surface area contributed by atoms with Crippen molar-refractivity contribution in [1.82, 2.24) is 19.9 Å². The highest BCUT2D eigenvalue weighted by atomic mass is 32.1. The third-order valence-corrected chi connectivity index (χ3v) is 6.89. The Labute approximate surface area is 208 Å². The van der Waals surface area contributed by atoms with Gasteiger partial charge in [0, 0.05) is 11.1 Å². The van der Waals surface area contributed by atoms with Gasteiger partial charge in [0.1, 0.15) is 12.7 Å². The maximum Gasteiger partial charge on any atom is 0.116 e. The molecule has 0 fully saturated rings. The van der Waals surface area contributed by atoms with Crippen molar-refractivity contribution in [2.75, 3.05) is 13.1 Å². The highest BCUT2D eigenvalue weighted by Gasteiger charge is 2.11. The summed E-state index contributed by atoms with van der Waals surface area (Å²) in [4.78, 5) is 20.2. The Kier molecular flexibility index (Phi) is 6.99. The van der Waals surface area contributed by atoms with Gasteiger partial charge in [-0.2, -0.15) is 0 Å². The zero-order chi connectivity index (χ0) is 24.0. The van der Waals surface area contributed by atoms with Gasteiger partial charge >= 0.3 is 0 Å². The summed E-state index contributed by atoms with van der Waals surface area (Å²) in [5.74, 6) is 0. The smallest absolute Gasteiger partial charge is 0.116 e. The number of hydrogen-bond acceptors (Lipinski definition) is 7. The van der Waals surface area contributed by atoms with E-state index in [2.05, 4.69) is 68.5 Å². The van der Waals surface area contributed by atoms with Crippen LogP contribution in [0.1, 0.15) is 11.1 Å². The van der Waals surface area contributed by atoms with Gasteiger partial charge in [-0.1, -0.05) is 36.4 Å². The van der Waals surface area contributed by atoms with E-state index in [-0.39, 0.29) is 0 Å². The van der Waals surface area contributed by atoms with Crippen LogP contribution in [0.5, 0.6) is 0 Å². The molecule has 5 rings (SSSR count). The normalized spacial score (nSPS) is 11.0. The Morgan fingerprint density at radius 3 is 1.46 bits per heavy atom. The van der Waals surface area contributed by atoms with E-state index in [4.69, 9.17) is 11.5 Å². The summed E-state index contributed by atoms with van der Waals surface area (Å²) in [6.07, 6.45) is 4.93. The van der Waals surface area contributed by atoms with Crippen molar-refractivity contribution in [2.45, 2.75) is 12.8 Å². The molecule has 174 valence electrons. The van der Waals surface area contributed by atoms with Gasteiger partial charge in [0.15, 0.2) is 0 Å². The van der Waals surface area contributed by atoms with E-state index in [1.54, 1.807) is 24.0 Å². The second kappa shape index (κ2) is 10.7. The maximum absolute atomic E-state index is 5.72. The van der Waals surface area contributed by atoms with Crippen LogP contribution in [0, 0.1) is 0 Å². The van der Waals surface area contributed by atoms with Crippen LogP contribution in [0.15, 0.2) is 85.5 Å². The van der Waals surface area contributed by atoms with Crippen LogP contribution in [0.2, 0.25) is 0 Å². The van der Waals surface area contributed by atoms with Crippen molar-refractivity contribution < 1.29 is 0 Å². The minimum Gasteiger partial charge on any atom is -0.330 e. The van der Waals surface area contributed by atoms with Crippen LogP contribution in [0.25, 0.3) is 43.7 Å². The van der Waals surface area contributed by atoms with Gasteiger partial charge in [-0.25, -0.2) is 19.9 Å². The summed E-state index contributed by atoms with van der Waals surface area (Å²) in [5, 5.41) is 0. The monoisotopic (exact) mass is 478 g/mol. The third-order valence-electron chi connectivity index (χ3n) is 5.76. The molecule has 5 aromatic rings. The summed E-state index contributed by atoms with van der Waals surface area (Å²) < 4.78 is 0. The van der Waals surface area contributed by atoms with Gasteiger partial charge in [0.2, 0.25) is 0 Å². The van der Waals surface area contributed by atoms with E-state index < -0.39 is 0 Å². The fraction of sp³-hybridized carbons (Fsp3) is 0.143. The Morgan fingerprint density at radius 1 is 0.543 bits per heavy atom. The number of aromatic nitrogens is 4. The molecule has 0 amide bonds. The summed E-state index contributed by atoms with van der Waals surface area (Å²) in [5.41, 5.74) is 19.5. The third kappa shape index (κ3) is 5.33. The van der Waals surface area contributed by atoms with Crippen molar-refractivity contribution in [2.24, 2.45) is 11.5 Å². The average molecular weight is 479 g/mol. The quantitative estimate of drug-likeness (QED) is 0.325. The standard InChI is InChI=1S/C28H26N6S/c29-11-9-19-3-1-5-21(13-19)23-15-25(33-17-31-23)27-7-8-28(35-27)26-16-24(32-18-34-26)22-6-2-4-20(14-22)10-12-30/h1-8,13-18H,9-12,29-30H2. The second-order valence-corrected chi connectivity index (χ2v) is 9.30. The van der Waals surface area contributed by atoms with Gasteiger partial charge in [-0.15, -0.1) is 11.3 Å². The molecule has 0 aliphatic heterocycles. The number of nitrogens with two attached hydrogens (primary N) is 2. The molecule has 0 aliphatic carbocycles. The topological polar surface area (TPSA) is 104 Å². The molecule has 0 spiro atoms. The molecule has 6 nitrogen and oxygen atoms in total. The molecule has 35 heavy (non-hydrogen) atoms. The lowest BCUT2D eigenvalue weighted by molar-refractivity contribution is 0.969. The fourth-order valence-corrected chi connectivity index (χ4v) is 4.96. The zero-order valence-corrected chi connectivity index (χ0v) is 20.1. The predicted molar refractivity (Wildman–Crippen MR) is 143 cm³/mol. The first-order chi connectivity index (χ1) is 17.2.